The molecule has 5 atom stereocenters. The molecule has 2 aliphatic heterocycles. The monoisotopic (exact) mass is 646 g/mol. The van der Waals surface area contributed by atoms with Crippen molar-refractivity contribution in [2.24, 2.45) is 11.8 Å². The van der Waals surface area contributed by atoms with Gasteiger partial charge in [-0.2, -0.15) is 0 Å². The van der Waals surface area contributed by atoms with Crippen LogP contribution in [-0.2, 0) is 27.8 Å². The van der Waals surface area contributed by atoms with E-state index in [2.05, 4.69) is 60.9 Å². The molecule has 1 saturated carbocycles. The van der Waals surface area contributed by atoms with E-state index >= 15 is 0 Å². The fourth-order valence-corrected chi connectivity index (χ4v) is 9.23. The molecule has 0 N–H and O–H groups in total. The number of ether oxygens (including phenoxy) is 3. The highest BCUT2D eigenvalue weighted by molar-refractivity contribution is 5.94. The summed E-state index contributed by atoms with van der Waals surface area (Å²) in [5.41, 5.74) is 5.15. The van der Waals surface area contributed by atoms with Gasteiger partial charge in [-0.25, -0.2) is 0 Å². The molecule has 2 aliphatic carbocycles. The Bertz CT molecular complexity index is 1770. The average Bonchev–Trinajstić information content (AvgIpc) is 3.41. The predicted molar refractivity (Wildman–Crippen MR) is 185 cm³/mol. The minimum Gasteiger partial charge on any atom is -0.493 e. The van der Waals surface area contributed by atoms with E-state index in [-0.39, 0.29) is 41.4 Å². The lowest BCUT2D eigenvalue weighted by atomic mass is 9.50. The molecule has 3 aromatic carbocycles. The predicted octanol–water partition coefficient (Wildman–Crippen LogP) is 6.12. The first-order chi connectivity index (χ1) is 23.2. The first-order valence-corrected chi connectivity index (χ1v) is 17.5. The maximum absolute atomic E-state index is 14.1. The Labute approximate surface area is 284 Å². The summed E-state index contributed by atoms with van der Waals surface area (Å²) in [6, 6.07) is 20.6. The topological polar surface area (TPSA) is 68.3 Å². The van der Waals surface area contributed by atoms with Crippen molar-refractivity contribution in [3.63, 3.8) is 0 Å². The summed E-state index contributed by atoms with van der Waals surface area (Å²) < 4.78 is 18.9. The number of esters is 1. The molecule has 4 aliphatic rings. The van der Waals surface area contributed by atoms with E-state index in [9.17, 15) is 9.59 Å². The van der Waals surface area contributed by atoms with Gasteiger partial charge in [-0.1, -0.05) is 62.2 Å². The van der Waals surface area contributed by atoms with Gasteiger partial charge >= 0.3 is 5.97 Å². The summed E-state index contributed by atoms with van der Waals surface area (Å²) in [7, 11) is 1.64. The van der Waals surface area contributed by atoms with Crippen LogP contribution in [0.4, 0.5) is 0 Å². The summed E-state index contributed by atoms with van der Waals surface area (Å²) in [6.07, 6.45) is 4.22. The lowest BCUT2D eigenvalue weighted by molar-refractivity contribution is -0.138. The molecule has 2 heterocycles. The second-order valence-electron chi connectivity index (χ2n) is 14.4. The minimum atomic E-state index is -0.350. The summed E-state index contributed by atoms with van der Waals surface area (Å²) in [4.78, 5) is 31.2. The number of carbonyl (C=O) groups is 2. The third-order valence-electron chi connectivity index (χ3n) is 11.0. The molecule has 3 aromatic rings. The number of benzene rings is 3. The molecule has 2 fully saturated rings. The van der Waals surface area contributed by atoms with Crippen LogP contribution in [0.25, 0.3) is 0 Å². The van der Waals surface area contributed by atoms with Gasteiger partial charge in [0.15, 0.2) is 11.5 Å². The molecule has 1 spiro atoms. The first kappa shape index (κ1) is 32.3. The number of carbonyl (C=O) groups excluding carboxylic acids is 2. The second-order valence-corrected chi connectivity index (χ2v) is 14.4. The van der Waals surface area contributed by atoms with E-state index < -0.39 is 0 Å². The number of nitrogens with zero attached hydrogens (tertiary/aromatic N) is 2. The van der Waals surface area contributed by atoms with Gasteiger partial charge in [0.05, 0.1) is 13.2 Å². The molecule has 7 rings (SSSR count). The van der Waals surface area contributed by atoms with Crippen molar-refractivity contribution in [1.29, 1.82) is 0 Å². The molecule has 1 amide bonds. The summed E-state index contributed by atoms with van der Waals surface area (Å²) in [6.45, 7) is 10.3. The SMILES string of the molecule is COc1cc(OC(C)=O)c2c3c1O[C@H]1[C@H](N(CC(C)C)C(=O)C#Cc4cccc(C)c4)CC[C@H]4[C@@H](C2)N(CCc2ccccc2)CC[C@@]341. The molecular weight excluding hydrogens is 600 g/mol. The highest BCUT2D eigenvalue weighted by Gasteiger charge is 2.67. The van der Waals surface area contributed by atoms with Crippen LogP contribution in [0.1, 0.15) is 67.9 Å². The lowest BCUT2D eigenvalue weighted by Crippen LogP contribution is -2.69. The van der Waals surface area contributed by atoms with E-state index in [0.717, 1.165) is 73.2 Å². The van der Waals surface area contributed by atoms with Crippen LogP contribution in [0.2, 0.25) is 0 Å². The van der Waals surface area contributed by atoms with Crippen molar-refractivity contribution in [3.05, 3.63) is 88.5 Å². The zero-order valence-corrected chi connectivity index (χ0v) is 28.8. The van der Waals surface area contributed by atoms with Crippen molar-refractivity contribution in [2.75, 3.05) is 26.7 Å². The Balaban J connectivity index is 1.30. The standard InChI is InChI=1S/C41H46N2O5/c1-26(2)25-43(37(45)17-14-30-13-9-10-27(3)22-30)33-16-15-32-34-23-31-35(47-28(4)44)24-36(46-5)39-38(31)41(32,40(33)48-39)19-21-42(34)20-18-29-11-7-6-8-12-29/h6-13,22,24,26,32-34,40H,15-16,18-21,23,25H2,1-5H3/t32-,33+,34+,40-,41-/m0/s1. The lowest BCUT2D eigenvalue weighted by Gasteiger charge is -2.60. The summed E-state index contributed by atoms with van der Waals surface area (Å²) in [5, 5.41) is 0. The molecule has 7 heteroatoms. The molecule has 7 nitrogen and oxygen atoms in total. The second kappa shape index (κ2) is 13.0. The van der Waals surface area contributed by atoms with Crippen LogP contribution in [-0.4, -0.2) is 66.6 Å². The Morgan fingerprint density at radius 1 is 1.08 bits per heavy atom. The van der Waals surface area contributed by atoms with E-state index in [1.165, 1.54) is 12.5 Å². The Kier molecular flexibility index (Phi) is 8.72. The maximum atomic E-state index is 14.1. The number of rotatable bonds is 8. The normalized spacial score (nSPS) is 25.0. The highest BCUT2D eigenvalue weighted by Crippen LogP contribution is 2.65. The number of amides is 1. The van der Waals surface area contributed by atoms with Gasteiger partial charge in [0.25, 0.3) is 5.91 Å². The zero-order valence-electron chi connectivity index (χ0n) is 28.8. The van der Waals surface area contributed by atoms with Crippen LogP contribution in [0.5, 0.6) is 17.2 Å². The molecule has 2 bridgehead atoms. The third kappa shape index (κ3) is 5.64. The van der Waals surface area contributed by atoms with Crippen LogP contribution < -0.4 is 14.2 Å². The van der Waals surface area contributed by atoms with Gasteiger partial charge in [-0.05, 0) is 80.7 Å². The zero-order chi connectivity index (χ0) is 33.6. The molecule has 1 saturated heterocycles. The fraction of sp³-hybridized carbons (Fsp3) is 0.463. The molecule has 0 aromatic heterocycles. The number of hydrogen-bond acceptors (Lipinski definition) is 6. The van der Waals surface area contributed by atoms with Gasteiger partial charge in [0, 0.05) is 60.1 Å². The van der Waals surface area contributed by atoms with Crippen LogP contribution in [0.15, 0.2) is 60.7 Å². The number of hydrogen-bond donors (Lipinski definition) is 0. The smallest absolute Gasteiger partial charge is 0.308 e. The Morgan fingerprint density at radius 2 is 1.90 bits per heavy atom. The first-order valence-electron chi connectivity index (χ1n) is 17.5. The highest BCUT2D eigenvalue weighted by atomic mass is 16.5. The van der Waals surface area contributed by atoms with Crippen molar-refractivity contribution >= 4 is 11.9 Å². The van der Waals surface area contributed by atoms with Gasteiger partial charge < -0.3 is 19.1 Å². The quantitative estimate of drug-likeness (QED) is 0.167. The number of aryl methyl sites for hydroxylation is 1. The molecule has 250 valence electrons. The third-order valence-corrected chi connectivity index (χ3v) is 11.0. The van der Waals surface area contributed by atoms with Crippen LogP contribution in [0, 0.1) is 30.6 Å². The van der Waals surface area contributed by atoms with Gasteiger partial charge in [-0.15, -0.1) is 0 Å². The average molecular weight is 647 g/mol. The van der Waals surface area contributed by atoms with Crippen molar-refractivity contribution in [3.8, 4) is 29.1 Å². The number of piperidine rings is 1. The largest absolute Gasteiger partial charge is 0.493 e. The van der Waals surface area contributed by atoms with E-state index in [4.69, 9.17) is 14.2 Å². The fourth-order valence-electron chi connectivity index (χ4n) is 9.23. The van der Waals surface area contributed by atoms with Gasteiger partial charge in [-0.3, -0.25) is 14.5 Å². The van der Waals surface area contributed by atoms with Crippen molar-refractivity contribution in [1.82, 2.24) is 9.80 Å². The van der Waals surface area contributed by atoms with E-state index in [1.54, 1.807) is 7.11 Å². The number of likely N-dealkylation sites (tertiary alicyclic amines) is 1. The summed E-state index contributed by atoms with van der Waals surface area (Å²) >= 11 is 0. The minimum absolute atomic E-state index is 0.153. The van der Waals surface area contributed by atoms with Gasteiger partial charge in [0.1, 0.15) is 11.9 Å². The van der Waals surface area contributed by atoms with E-state index in [1.807, 2.05) is 42.2 Å². The van der Waals surface area contributed by atoms with E-state index in [0.29, 0.717) is 24.0 Å². The molecule has 0 unspecified atom stereocenters. The van der Waals surface area contributed by atoms with Crippen LogP contribution >= 0.6 is 0 Å². The maximum Gasteiger partial charge on any atom is 0.308 e. The van der Waals surface area contributed by atoms with Crippen molar-refractivity contribution in [2.45, 2.75) is 83.4 Å². The molecule has 48 heavy (non-hydrogen) atoms. The molecule has 0 radical (unpaired) electrons. The van der Waals surface area contributed by atoms with Gasteiger partial charge in [0.2, 0.25) is 0 Å². The Morgan fingerprint density at radius 3 is 2.62 bits per heavy atom. The molecular formula is C41H46N2O5. The summed E-state index contributed by atoms with van der Waals surface area (Å²) in [5.74, 6) is 8.13. The van der Waals surface area contributed by atoms with Crippen molar-refractivity contribution < 1.29 is 23.8 Å². The van der Waals surface area contributed by atoms with Crippen LogP contribution in [0.3, 0.4) is 0 Å². The Hall–Kier alpha value is -4.28. The number of methoxy groups -OCH3 is 1.